The number of hydrogen-bond donors (Lipinski definition) is 2. The van der Waals surface area contributed by atoms with E-state index in [4.69, 9.17) is 5.11 Å². The van der Waals surface area contributed by atoms with Crippen LogP contribution in [0.3, 0.4) is 0 Å². The molecule has 5 nitrogen and oxygen atoms in total. The van der Waals surface area contributed by atoms with E-state index >= 15 is 0 Å². The predicted octanol–water partition coefficient (Wildman–Crippen LogP) is 0.574. The van der Waals surface area contributed by atoms with Crippen LogP contribution in [-0.4, -0.2) is 31.5 Å². The molecule has 1 heterocycles. The van der Waals surface area contributed by atoms with Crippen molar-refractivity contribution in [2.24, 2.45) is 0 Å². The molecule has 8 heteroatoms. The zero-order valence-electron chi connectivity index (χ0n) is 5.49. The minimum absolute atomic E-state index is 0.201. The second kappa shape index (κ2) is 3.05. The minimum Gasteiger partial charge on any atom is -0.476 e. The van der Waals surface area contributed by atoms with E-state index in [9.17, 15) is 13.6 Å². The largest absolute Gasteiger partial charge is 0.476 e. The van der Waals surface area contributed by atoms with Crippen LogP contribution >= 0.6 is 11.8 Å². The molecule has 0 radical (unpaired) electrons. The summed E-state index contributed by atoms with van der Waals surface area (Å²) in [5, 5.41) is 9.29. The first-order valence-electron chi connectivity index (χ1n) is 2.68. The number of thioether (sulfide) groups is 1. The maximum atomic E-state index is 12.4. The third-order valence-electron chi connectivity index (χ3n) is 0.867. The van der Waals surface area contributed by atoms with Crippen molar-refractivity contribution in [2.45, 2.75) is 10.4 Å². The molecule has 0 aliphatic carbocycles. The summed E-state index contributed by atoms with van der Waals surface area (Å²) < 4.78 is 24.8. The van der Waals surface area contributed by atoms with E-state index in [1.54, 1.807) is 0 Å². The molecule has 12 heavy (non-hydrogen) atoms. The van der Waals surface area contributed by atoms with Gasteiger partial charge < -0.3 is 5.11 Å². The van der Waals surface area contributed by atoms with E-state index in [2.05, 4.69) is 15.2 Å². The van der Waals surface area contributed by atoms with Crippen molar-refractivity contribution in [3.63, 3.8) is 0 Å². The van der Waals surface area contributed by atoms with Crippen LogP contribution in [0.1, 0.15) is 0 Å². The Bertz CT molecular complexity index is 276. The van der Waals surface area contributed by atoms with E-state index in [0.717, 1.165) is 6.33 Å². The second-order valence-electron chi connectivity index (χ2n) is 1.71. The molecule has 0 saturated heterocycles. The van der Waals surface area contributed by atoms with E-state index in [-0.39, 0.29) is 16.9 Å². The number of carboxylic acids is 1. The number of aromatic nitrogens is 3. The van der Waals surface area contributed by atoms with Crippen LogP contribution in [0.25, 0.3) is 0 Å². The predicted molar refractivity (Wildman–Crippen MR) is 34.8 cm³/mol. The fourth-order valence-electron chi connectivity index (χ4n) is 0.409. The van der Waals surface area contributed by atoms with Gasteiger partial charge in [0.25, 0.3) is 0 Å². The molecule has 66 valence electrons. The summed E-state index contributed by atoms with van der Waals surface area (Å²) in [4.78, 5) is 13.3. The molecule has 0 atom stereocenters. The number of carboxylic acid groups (broad SMARTS) is 1. The van der Waals surface area contributed by atoms with Crippen LogP contribution in [0.4, 0.5) is 8.78 Å². The number of H-pyrrole nitrogens is 1. The Kier molecular flexibility index (Phi) is 2.27. The quantitative estimate of drug-likeness (QED) is 0.689. The molecule has 0 aromatic carbocycles. The lowest BCUT2D eigenvalue weighted by Crippen LogP contribution is -2.23. The smallest absolute Gasteiger partial charge is 0.395 e. The van der Waals surface area contributed by atoms with Crippen LogP contribution < -0.4 is 0 Å². The molecule has 0 saturated carbocycles. The highest BCUT2D eigenvalue weighted by Gasteiger charge is 2.41. The van der Waals surface area contributed by atoms with Crippen molar-refractivity contribution in [2.75, 3.05) is 0 Å². The summed E-state index contributed by atoms with van der Waals surface area (Å²) in [5.41, 5.74) is 0. The lowest BCUT2D eigenvalue weighted by Gasteiger charge is -2.06. The maximum absolute atomic E-state index is 12.4. The van der Waals surface area contributed by atoms with E-state index < -0.39 is 11.2 Å². The zero-order chi connectivity index (χ0) is 9.19. The Balaban J connectivity index is 2.69. The van der Waals surface area contributed by atoms with Gasteiger partial charge in [-0.2, -0.15) is 13.9 Å². The first-order valence-corrected chi connectivity index (χ1v) is 3.49. The number of hydrogen-bond acceptors (Lipinski definition) is 4. The molecule has 0 amide bonds. The Labute approximate surface area is 69.2 Å². The highest BCUT2D eigenvalue weighted by Crippen LogP contribution is 2.33. The van der Waals surface area contributed by atoms with Gasteiger partial charge in [0.05, 0.1) is 0 Å². The summed E-state index contributed by atoms with van der Waals surface area (Å²) in [7, 11) is 0. The maximum Gasteiger partial charge on any atom is 0.395 e. The fourth-order valence-corrected chi connectivity index (χ4v) is 0.937. The van der Waals surface area contributed by atoms with Gasteiger partial charge in [0, 0.05) is 0 Å². The molecule has 2 N–H and O–H groups in total. The Hall–Kier alpha value is -1.18. The van der Waals surface area contributed by atoms with Crippen molar-refractivity contribution in [1.82, 2.24) is 15.2 Å². The molecular formula is C4H3F2N3O2S. The molecule has 0 aliphatic heterocycles. The number of rotatable bonds is 3. The highest BCUT2D eigenvalue weighted by molar-refractivity contribution is 8.00. The van der Waals surface area contributed by atoms with Gasteiger partial charge in [-0.25, -0.2) is 9.78 Å². The average Bonchev–Trinajstić information content (AvgIpc) is 2.38. The lowest BCUT2D eigenvalue weighted by atomic mass is 10.7. The number of alkyl halides is 2. The number of aliphatic carboxylic acids is 1. The van der Waals surface area contributed by atoms with Gasteiger partial charge in [-0.05, 0) is 11.8 Å². The number of nitrogens with zero attached hydrogens (tertiary/aromatic N) is 2. The standard InChI is InChI=1S/C4H3F2N3O2S/c5-4(6,2(10)11)12-3-7-1-8-9-3/h1H,(H,10,11)(H,7,8,9). The fraction of sp³-hybridized carbons (Fsp3) is 0.250. The van der Waals surface area contributed by atoms with Crippen molar-refractivity contribution in [1.29, 1.82) is 0 Å². The molecular weight excluding hydrogens is 192 g/mol. The van der Waals surface area contributed by atoms with Gasteiger partial charge in [-0.15, -0.1) is 0 Å². The molecule has 0 fully saturated rings. The van der Waals surface area contributed by atoms with Crippen LogP contribution in [-0.2, 0) is 4.79 Å². The molecule has 0 unspecified atom stereocenters. The van der Waals surface area contributed by atoms with Gasteiger partial charge in [-0.3, -0.25) is 5.10 Å². The zero-order valence-corrected chi connectivity index (χ0v) is 6.31. The molecule has 0 bridgehead atoms. The Morgan fingerprint density at radius 1 is 1.75 bits per heavy atom. The van der Waals surface area contributed by atoms with Gasteiger partial charge in [0.15, 0.2) is 5.16 Å². The van der Waals surface area contributed by atoms with Crippen molar-refractivity contribution >= 4 is 17.7 Å². The first-order chi connectivity index (χ1) is 5.52. The van der Waals surface area contributed by atoms with E-state index in [0.29, 0.717) is 0 Å². The lowest BCUT2D eigenvalue weighted by molar-refractivity contribution is -0.152. The molecule has 0 aliphatic rings. The number of halogens is 2. The second-order valence-corrected chi connectivity index (χ2v) is 2.82. The molecule has 1 rings (SSSR count). The van der Waals surface area contributed by atoms with Gasteiger partial charge in [0.1, 0.15) is 6.33 Å². The van der Waals surface area contributed by atoms with Gasteiger partial charge in [-0.1, -0.05) is 0 Å². The molecule has 0 spiro atoms. The van der Waals surface area contributed by atoms with Crippen LogP contribution in [0.15, 0.2) is 11.5 Å². The van der Waals surface area contributed by atoms with Crippen molar-refractivity contribution < 1.29 is 18.7 Å². The van der Waals surface area contributed by atoms with E-state index in [1.165, 1.54) is 0 Å². The van der Waals surface area contributed by atoms with Gasteiger partial charge >= 0.3 is 11.2 Å². The van der Waals surface area contributed by atoms with Crippen molar-refractivity contribution in [3.8, 4) is 0 Å². The topological polar surface area (TPSA) is 78.9 Å². The summed E-state index contributed by atoms with van der Waals surface area (Å²) in [6.07, 6.45) is 1.01. The van der Waals surface area contributed by atoms with Crippen LogP contribution in [0.2, 0.25) is 0 Å². The Morgan fingerprint density at radius 3 is 2.83 bits per heavy atom. The minimum atomic E-state index is -3.88. The number of carbonyl (C=O) groups is 1. The molecule has 1 aromatic heterocycles. The summed E-state index contributed by atoms with van der Waals surface area (Å²) in [6, 6.07) is 0. The third-order valence-corrected chi connectivity index (χ3v) is 1.69. The first kappa shape index (κ1) is 8.91. The molecule has 1 aromatic rings. The highest BCUT2D eigenvalue weighted by atomic mass is 32.2. The van der Waals surface area contributed by atoms with Crippen LogP contribution in [0, 0.1) is 0 Å². The normalized spacial score (nSPS) is 11.5. The van der Waals surface area contributed by atoms with E-state index in [1.807, 2.05) is 0 Å². The number of aromatic amines is 1. The average molecular weight is 195 g/mol. The third kappa shape index (κ3) is 1.91. The summed E-state index contributed by atoms with van der Waals surface area (Å²) in [5.74, 6) is -2.20. The number of nitrogens with one attached hydrogen (secondary N) is 1. The van der Waals surface area contributed by atoms with Gasteiger partial charge in [0.2, 0.25) is 0 Å². The SMILES string of the molecule is O=C(O)C(F)(F)Sc1ncn[nH]1. The van der Waals surface area contributed by atoms with Crippen molar-refractivity contribution in [3.05, 3.63) is 6.33 Å². The summed E-state index contributed by atoms with van der Waals surface area (Å²) >= 11 is -0.201. The van der Waals surface area contributed by atoms with Crippen LogP contribution in [0.5, 0.6) is 0 Å². The monoisotopic (exact) mass is 195 g/mol. The Morgan fingerprint density at radius 2 is 2.42 bits per heavy atom. The summed E-state index contributed by atoms with van der Waals surface area (Å²) in [6.45, 7) is 0.